The second-order valence-electron chi connectivity index (χ2n) is 5.29. The lowest BCUT2D eigenvalue weighted by Gasteiger charge is -2.14. The number of ether oxygens (including phenoxy) is 3. The average molecular weight is 417 g/mol. The van der Waals surface area contributed by atoms with Gasteiger partial charge in [-0.3, -0.25) is 10.1 Å². The summed E-state index contributed by atoms with van der Waals surface area (Å²) in [6, 6.07) is 5.11. The van der Waals surface area contributed by atoms with Crippen LogP contribution in [0.5, 0.6) is 5.75 Å². The number of benzene rings is 1. The van der Waals surface area contributed by atoms with Crippen molar-refractivity contribution in [1.82, 2.24) is 10.6 Å². The molecule has 24 heavy (non-hydrogen) atoms. The van der Waals surface area contributed by atoms with Crippen molar-refractivity contribution >= 4 is 39.2 Å². The van der Waals surface area contributed by atoms with E-state index in [0.717, 1.165) is 19.4 Å². The summed E-state index contributed by atoms with van der Waals surface area (Å²) < 4.78 is 16.7. The number of rotatable bonds is 7. The molecule has 1 aliphatic heterocycles. The summed E-state index contributed by atoms with van der Waals surface area (Å²) in [5.41, 5.74) is 0.488. The van der Waals surface area contributed by atoms with E-state index in [-0.39, 0.29) is 12.0 Å². The van der Waals surface area contributed by atoms with Crippen LogP contribution in [0.1, 0.15) is 23.2 Å². The van der Waals surface area contributed by atoms with E-state index in [1.54, 1.807) is 25.3 Å². The molecule has 0 aromatic heterocycles. The first-order chi connectivity index (χ1) is 11.6. The normalized spacial score (nSPS) is 16.7. The molecule has 0 aliphatic carbocycles. The molecule has 1 saturated heterocycles. The quantitative estimate of drug-likeness (QED) is 0.524. The number of carbonyl (C=O) groups excluding carboxylic acids is 1. The van der Waals surface area contributed by atoms with Gasteiger partial charge in [0, 0.05) is 25.8 Å². The molecule has 6 nitrogen and oxygen atoms in total. The fraction of sp³-hybridized carbons (Fsp3) is 0.500. The van der Waals surface area contributed by atoms with Crippen molar-refractivity contribution in [2.24, 2.45) is 0 Å². The van der Waals surface area contributed by atoms with Gasteiger partial charge in [-0.1, -0.05) is 0 Å². The molecular weight excluding hydrogens is 396 g/mol. The van der Waals surface area contributed by atoms with Gasteiger partial charge >= 0.3 is 0 Å². The molecule has 1 unspecified atom stereocenters. The molecule has 8 heteroatoms. The maximum absolute atomic E-state index is 12.2. The first kappa shape index (κ1) is 19.1. The van der Waals surface area contributed by atoms with Crippen LogP contribution in [-0.2, 0) is 9.47 Å². The molecule has 2 rings (SSSR count). The summed E-state index contributed by atoms with van der Waals surface area (Å²) in [5.74, 6) is 0.381. The van der Waals surface area contributed by atoms with Crippen LogP contribution in [0.2, 0.25) is 0 Å². The Kier molecular flexibility index (Phi) is 7.90. The van der Waals surface area contributed by atoms with Crippen LogP contribution in [0.4, 0.5) is 0 Å². The standard InChI is InChI=1S/C16H21BrN2O4S/c1-21-7-8-23-14-5-4-11(9-13(14)17)15(20)19-16(24)18-10-12-3-2-6-22-12/h4-5,9,12H,2-3,6-8,10H2,1H3,(H2,18,19,20,24). The summed E-state index contributed by atoms with van der Waals surface area (Å²) in [6.07, 6.45) is 2.25. The van der Waals surface area contributed by atoms with Gasteiger partial charge in [0.2, 0.25) is 0 Å². The molecule has 0 bridgehead atoms. The van der Waals surface area contributed by atoms with Gasteiger partial charge in [-0.2, -0.15) is 0 Å². The van der Waals surface area contributed by atoms with Crippen molar-refractivity contribution in [2.75, 3.05) is 33.5 Å². The van der Waals surface area contributed by atoms with E-state index in [9.17, 15) is 4.79 Å². The molecule has 1 aromatic carbocycles. The highest BCUT2D eigenvalue weighted by Crippen LogP contribution is 2.26. The second-order valence-corrected chi connectivity index (χ2v) is 6.55. The minimum Gasteiger partial charge on any atom is -0.490 e. The van der Waals surface area contributed by atoms with E-state index in [2.05, 4.69) is 26.6 Å². The highest BCUT2D eigenvalue weighted by Gasteiger charge is 2.16. The Morgan fingerprint density at radius 1 is 1.46 bits per heavy atom. The number of amides is 1. The lowest BCUT2D eigenvalue weighted by atomic mass is 10.2. The SMILES string of the molecule is COCCOc1ccc(C(=O)NC(=S)NCC2CCCO2)cc1Br. The van der Waals surface area contributed by atoms with Crippen LogP contribution in [0.25, 0.3) is 0 Å². The Labute approximate surface area is 155 Å². The van der Waals surface area contributed by atoms with Gasteiger partial charge in [0.15, 0.2) is 5.11 Å². The Balaban J connectivity index is 1.82. The number of hydrogen-bond acceptors (Lipinski definition) is 5. The van der Waals surface area contributed by atoms with Crippen molar-refractivity contribution in [3.05, 3.63) is 28.2 Å². The van der Waals surface area contributed by atoms with Crippen LogP contribution < -0.4 is 15.4 Å². The molecular formula is C16H21BrN2O4S. The van der Waals surface area contributed by atoms with E-state index >= 15 is 0 Å². The molecule has 1 aromatic rings. The van der Waals surface area contributed by atoms with Gasteiger partial charge in [-0.05, 0) is 59.2 Å². The second kappa shape index (κ2) is 9.93. The summed E-state index contributed by atoms with van der Waals surface area (Å²) in [5, 5.41) is 5.97. The molecule has 132 valence electrons. The average Bonchev–Trinajstić information content (AvgIpc) is 3.08. The number of halogens is 1. The highest BCUT2D eigenvalue weighted by molar-refractivity contribution is 9.10. The molecule has 0 spiro atoms. The van der Waals surface area contributed by atoms with Crippen molar-refractivity contribution in [1.29, 1.82) is 0 Å². The number of nitrogens with one attached hydrogen (secondary N) is 2. The fourth-order valence-corrected chi connectivity index (χ4v) is 2.89. The zero-order valence-corrected chi connectivity index (χ0v) is 15.9. The van der Waals surface area contributed by atoms with E-state index in [4.69, 9.17) is 26.4 Å². The van der Waals surface area contributed by atoms with E-state index in [0.29, 0.717) is 40.7 Å². The van der Waals surface area contributed by atoms with Crippen molar-refractivity contribution in [3.63, 3.8) is 0 Å². The highest BCUT2D eigenvalue weighted by atomic mass is 79.9. The van der Waals surface area contributed by atoms with Crippen molar-refractivity contribution in [3.8, 4) is 5.75 Å². The third-order valence-corrected chi connectivity index (χ3v) is 4.35. The summed E-state index contributed by atoms with van der Waals surface area (Å²) >= 11 is 8.54. The monoisotopic (exact) mass is 416 g/mol. The van der Waals surface area contributed by atoms with E-state index < -0.39 is 0 Å². The van der Waals surface area contributed by atoms with Crippen molar-refractivity contribution in [2.45, 2.75) is 18.9 Å². The Bertz CT molecular complexity index is 579. The first-order valence-corrected chi connectivity index (χ1v) is 8.92. The third kappa shape index (κ3) is 6.01. The Hall–Kier alpha value is -1.22. The van der Waals surface area contributed by atoms with Crippen LogP contribution in [0.15, 0.2) is 22.7 Å². The topological polar surface area (TPSA) is 68.8 Å². The summed E-state index contributed by atoms with van der Waals surface area (Å²) in [4.78, 5) is 12.2. The maximum atomic E-state index is 12.2. The Morgan fingerprint density at radius 3 is 2.96 bits per heavy atom. The van der Waals surface area contributed by atoms with E-state index in [1.165, 1.54) is 0 Å². The van der Waals surface area contributed by atoms with Crippen LogP contribution in [0, 0.1) is 0 Å². The third-order valence-electron chi connectivity index (χ3n) is 3.48. The largest absolute Gasteiger partial charge is 0.490 e. The molecule has 1 fully saturated rings. The molecule has 0 saturated carbocycles. The minimum absolute atomic E-state index is 0.164. The number of thiocarbonyl (C=S) groups is 1. The van der Waals surface area contributed by atoms with Gasteiger partial charge in [0.1, 0.15) is 12.4 Å². The smallest absolute Gasteiger partial charge is 0.257 e. The zero-order chi connectivity index (χ0) is 17.4. The maximum Gasteiger partial charge on any atom is 0.257 e. The van der Waals surface area contributed by atoms with Gasteiger partial charge in [0.25, 0.3) is 5.91 Å². The van der Waals surface area contributed by atoms with Crippen LogP contribution in [-0.4, -0.2) is 50.6 Å². The number of hydrogen-bond donors (Lipinski definition) is 2. The lowest BCUT2D eigenvalue weighted by Crippen LogP contribution is -2.42. The Morgan fingerprint density at radius 2 is 2.29 bits per heavy atom. The van der Waals surface area contributed by atoms with Crippen molar-refractivity contribution < 1.29 is 19.0 Å². The van der Waals surface area contributed by atoms with Gasteiger partial charge in [-0.25, -0.2) is 0 Å². The molecule has 1 aliphatic rings. The lowest BCUT2D eigenvalue weighted by molar-refractivity contribution is 0.0973. The first-order valence-electron chi connectivity index (χ1n) is 7.72. The van der Waals surface area contributed by atoms with Crippen LogP contribution in [0.3, 0.4) is 0 Å². The van der Waals surface area contributed by atoms with Gasteiger partial charge in [0.05, 0.1) is 17.2 Å². The van der Waals surface area contributed by atoms with Gasteiger partial charge < -0.3 is 19.5 Å². The molecule has 1 amide bonds. The molecule has 0 radical (unpaired) electrons. The molecule has 2 N–H and O–H groups in total. The summed E-state index contributed by atoms with van der Waals surface area (Å²) in [6.45, 7) is 2.34. The zero-order valence-electron chi connectivity index (χ0n) is 13.5. The number of carbonyl (C=O) groups is 1. The molecule has 1 heterocycles. The molecule has 1 atom stereocenters. The number of methoxy groups -OCH3 is 1. The minimum atomic E-state index is -0.274. The fourth-order valence-electron chi connectivity index (χ4n) is 2.23. The van der Waals surface area contributed by atoms with E-state index in [1.807, 2.05) is 0 Å². The van der Waals surface area contributed by atoms with Gasteiger partial charge in [-0.15, -0.1) is 0 Å². The summed E-state index contributed by atoms with van der Waals surface area (Å²) in [7, 11) is 1.61. The predicted octanol–water partition coefficient (Wildman–Crippen LogP) is 2.26. The predicted molar refractivity (Wildman–Crippen MR) is 98.6 cm³/mol. The van der Waals surface area contributed by atoms with Crippen LogP contribution >= 0.6 is 28.1 Å².